The highest BCUT2D eigenvalue weighted by molar-refractivity contribution is 7.17. The van der Waals surface area contributed by atoms with Gasteiger partial charge in [0, 0.05) is 17.6 Å². The van der Waals surface area contributed by atoms with Gasteiger partial charge in [-0.1, -0.05) is 17.7 Å². The van der Waals surface area contributed by atoms with Crippen LogP contribution in [0.3, 0.4) is 0 Å². The molecule has 0 saturated heterocycles. The zero-order valence-corrected chi connectivity index (χ0v) is 12.9. The molecule has 4 nitrogen and oxygen atoms in total. The van der Waals surface area contributed by atoms with E-state index in [0.29, 0.717) is 0 Å². The fraction of sp³-hybridized carbons (Fsp3) is 0.267. The first-order valence-electron chi connectivity index (χ1n) is 6.78. The molecule has 108 valence electrons. The zero-order chi connectivity index (χ0) is 14.7. The van der Waals surface area contributed by atoms with Crippen molar-refractivity contribution in [3.05, 3.63) is 56.7 Å². The molecule has 0 spiro atoms. The topological polar surface area (TPSA) is 58.6 Å². The lowest BCUT2D eigenvalue weighted by Gasteiger charge is -2.03. The maximum atomic E-state index is 11.0. The van der Waals surface area contributed by atoms with E-state index in [1.54, 1.807) is 29.9 Å². The highest BCUT2D eigenvalue weighted by Gasteiger charge is 2.09. The van der Waals surface area contributed by atoms with E-state index in [2.05, 4.69) is 15.0 Å². The number of unbranched alkanes of at least 4 members (excludes halogenated alkanes) is 1. The minimum atomic E-state index is -0.0609. The number of aryl methyl sites for hydroxylation is 2. The quantitative estimate of drug-likeness (QED) is 0.731. The standard InChI is InChI=1S/C15H14ClN3OS/c16-11-8-21-15-14(11)12(18-9-19-15)4-2-1-3-10-5-6-13(20)17-7-10/h5-9H,1-4H2,(H,17,20). The lowest BCUT2D eigenvalue weighted by atomic mass is 10.1. The Bertz CT molecular complexity index is 792. The molecule has 3 rings (SSSR count). The number of hydrogen-bond acceptors (Lipinski definition) is 4. The summed E-state index contributed by atoms with van der Waals surface area (Å²) in [6.45, 7) is 0. The van der Waals surface area contributed by atoms with E-state index in [0.717, 1.165) is 52.2 Å². The molecule has 21 heavy (non-hydrogen) atoms. The van der Waals surface area contributed by atoms with E-state index in [9.17, 15) is 4.79 Å². The van der Waals surface area contributed by atoms with Gasteiger partial charge in [0.05, 0.1) is 16.1 Å². The highest BCUT2D eigenvalue weighted by Crippen LogP contribution is 2.30. The Morgan fingerprint density at radius 1 is 1.19 bits per heavy atom. The van der Waals surface area contributed by atoms with Gasteiger partial charge >= 0.3 is 0 Å². The van der Waals surface area contributed by atoms with Gasteiger partial charge in [0.1, 0.15) is 11.2 Å². The fourth-order valence-corrected chi connectivity index (χ4v) is 3.48. The zero-order valence-electron chi connectivity index (χ0n) is 11.3. The Morgan fingerprint density at radius 3 is 2.86 bits per heavy atom. The van der Waals surface area contributed by atoms with Gasteiger partial charge in [-0.2, -0.15) is 0 Å². The van der Waals surface area contributed by atoms with E-state index < -0.39 is 0 Å². The fourth-order valence-electron chi connectivity index (χ4n) is 2.31. The molecule has 0 bridgehead atoms. The van der Waals surface area contributed by atoms with Gasteiger partial charge in [-0.3, -0.25) is 4.79 Å². The molecule has 0 saturated carbocycles. The molecular formula is C15H14ClN3OS. The van der Waals surface area contributed by atoms with Gasteiger partial charge in [-0.05, 0) is 31.2 Å². The van der Waals surface area contributed by atoms with Crippen LogP contribution in [0.5, 0.6) is 0 Å². The summed E-state index contributed by atoms with van der Waals surface area (Å²) in [6, 6.07) is 3.44. The Hall–Kier alpha value is -1.72. The molecule has 0 aliphatic heterocycles. The first kappa shape index (κ1) is 14.2. The minimum absolute atomic E-state index is 0.0609. The molecule has 0 aliphatic carbocycles. The molecule has 0 radical (unpaired) electrons. The summed E-state index contributed by atoms with van der Waals surface area (Å²) >= 11 is 7.75. The first-order valence-corrected chi connectivity index (χ1v) is 8.04. The van der Waals surface area contributed by atoms with E-state index in [4.69, 9.17) is 11.6 Å². The summed E-state index contributed by atoms with van der Waals surface area (Å²) in [5, 5.41) is 3.64. The van der Waals surface area contributed by atoms with Crippen LogP contribution in [-0.2, 0) is 12.8 Å². The maximum Gasteiger partial charge on any atom is 0.247 e. The van der Waals surface area contributed by atoms with Crippen molar-refractivity contribution in [2.75, 3.05) is 0 Å². The van der Waals surface area contributed by atoms with Crippen molar-refractivity contribution in [2.45, 2.75) is 25.7 Å². The van der Waals surface area contributed by atoms with Crippen LogP contribution in [0.1, 0.15) is 24.1 Å². The summed E-state index contributed by atoms with van der Waals surface area (Å²) in [5.41, 5.74) is 2.11. The molecule has 0 atom stereocenters. The number of thiophene rings is 1. The van der Waals surface area contributed by atoms with Crippen molar-refractivity contribution in [1.82, 2.24) is 15.0 Å². The number of pyridine rings is 1. The van der Waals surface area contributed by atoms with Gasteiger partial charge in [-0.25, -0.2) is 9.97 Å². The van der Waals surface area contributed by atoms with E-state index in [1.165, 1.54) is 0 Å². The number of halogens is 1. The first-order chi connectivity index (χ1) is 10.2. The van der Waals surface area contributed by atoms with Gasteiger partial charge in [0.25, 0.3) is 0 Å². The Kier molecular flexibility index (Phi) is 4.31. The van der Waals surface area contributed by atoms with Crippen LogP contribution in [-0.4, -0.2) is 15.0 Å². The van der Waals surface area contributed by atoms with Gasteiger partial charge < -0.3 is 4.98 Å². The van der Waals surface area contributed by atoms with E-state index in [-0.39, 0.29) is 5.56 Å². The molecular weight excluding hydrogens is 306 g/mol. The van der Waals surface area contributed by atoms with Crippen LogP contribution in [0.2, 0.25) is 5.02 Å². The summed E-state index contributed by atoms with van der Waals surface area (Å²) in [7, 11) is 0. The molecule has 0 fully saturated rings. The Labute approximate surface area is 130 Å². The van der Waals surface area contributed by atoms with Crippen LogP contribution in [0.25, 0.3) is 10.2 Å². The van der Waals surface area contributed by atoms with Crippen LogP contribution in [0, 0.1) is 0 Å². The molecule has 3 heterocycles. The number of aromatic nitrogens is 3. The third kappa shape index (κ3) is 3.31. The van der Waals surface area contributed by atoms with Crippen LogP contribution >= 0.6 is 22.9 Å². The van der Waals surface area contributed by atoms with Crippen molar-refractivity contribution < 1.29 is 0 Å². The second kappa shape index (κ2) is 6.37. The third-order valence-electron chi connectivity index (χ3n) is 3.38. The predicted molar refractivity (Wildman–Crippen MR) is 86.1 cm³/mol. The van der Waals surface area contributed by atoms with Crippen molar-refractivity contribution in [2.24, 2.45) is 0 Å². The number of hydrogen-bond donors (Lipinski definition) is 1. The monoisotopic (exact) mass is 319 g/mol. The third-order valence-corrected chi connectivity index (χ3v) is 4.70. The van der Waals surface area contributed by atoms with Crippen molar-refractivity contribution in [3.63, 3.8) is 0 Å². The molecule has 6 heteroatoms. The van der Waals surface area contributed by atoms with Crippen molar-refractivity contribution >= 4 is 33.2 Å². The number of fused-ring (bicyclic) bond motifs is 1. The molecule has 0 amide bonds. The Morgan fingerprint density at radius 2 is 2.05 bits per heavy atom. The van der Waals surface area contributed by atoms with Crippen LogP contribution < -0.4 is 5.56 Å². The number of nitrogens with zero attached hydrogens (tertiary/aromatic N) is 2. The second-order valence-electron chi connectivity index (χ2n) is 4.85. The summed E-state index contributed by atoms with van der Waals surface area (Å²) in [6.07, 6.45) is 7.28. The molecule has 0 aliphatic rings. The number of aromatic amines is 1. The van der Waals surface area contributed by atoms with E-state index >= 15 is 0 Å². The van der Waals surface area contributed by atoms with E-state index in [1.807, 2.05) is 11.4 Å². The molecule has 0 aromatic carbocycles. The van der Waals surface area contributed by atoms with Crippen molar-refractivity contribution in [1.29, 1.82) is 0 Å². The number of H-pyrrole nitrogens is 1. The van der Waals surface area contributed by atoms with Crippen LogP contribution in [0.15, 0.2) is 34.8 Å². The average Bonchev–Trinajstić information content (AvgIpc) is 2.88. The maximum absolute atomic E-state index is 11.0. The molecule has 3 aromatic heterocycles. The SMILES string of the molecule is O=c1ccc(CCCCc2ncnc3scc(Cl)c23)c[nH]1. The summed E-state index contributed by atoms with van der Waals surface area (Å²) in [4.78, 5) is 23.2. The summed E-state index contributed by atoms with van der Waals surface area (Å²) in [5.74, 6) is 0. The molecule has 0 unspecified atom stereocenters. The molecule has 3 aromatic rings. The average molecular weight is 320 g/mol. The number of nitrogens with one attached hydrogen (secondary N) is 1. The smallest absolute Gasteiger partial charge is 0.247 e. The van der Waals surface area contributed by atoms with Gasteiger partial charge in [-0.15, -0.1) is 11.3 Å². The Balaban J connectivity index is 1.61. The number of rotatable bonds is 5. The van der Waals surface area contributed by atoms with Crippen LogP contribution in [0.4, 0.5) is 0 Å². The summed E-state index contributed by atoms with van der Waals surface area (Å²) < 4.78 is 0. The largest absolute Gasteiger partial charge is 0.329 e. The minimum Gasteiger partial charge on any atom is -0.329 e. The lowest BCUT2D eigenvalue weighted by Crippen LogP contribution is -2.03. The lowest BCUT2D eigenvalue weighted by molar-refractivity contribution is 0.723. The normalized spacial score (nSPS) is 11.1. The van der Waals surface area contributed by atoms with Crippen molar-refractivity contribution in [3.8, 4) is 0 Å². The predicted octanol–water partition coefficient (Wildman–Crippen LogP) is 3.60. The molecule has 1 N–H and O–H groups in total. The second-order valence-corrected chi connectivity index (χ2v) is 6.12. The van der Waals surface area contributed by atoms with Gasteiger partial charge in [0.2, 0.25) is 5.56 Å². The highest BCUT2D eigenvalue weighted by atomic mass is 35.5. The van der Waals surface area contributed by atoms with Gasteiger partial charge in [0.15, 0.2) is 0 Å².